The SMILES string of the molecule is CN(C)c1ccc(C(CNC(=O)C(=O)NCCO)N2CCCC2)cc1. The Morgan fingerprint density at radius 3 is 2.28 bits per heavy atom. The average molecular weight is 348 g/mol. The van der Waals surface area contributed by atoms with Gasteiger partial charge in [0.1, 0.15) is 0 Å². The molecule has 1 atom stereocenters. The van der Waals surface area contributed by atoms with E-state index in [4.69, 9.17) is 5.11 Å². The Hall–Kier alpha value is -2.12. The molecule has 3 N–H and O–H groups in total. The maximum Gasteiger partial charge on any atom is 0.309 e. The molecule has 0 aliphatic carbocycles. The van der Waals surface area contributed by atoms with Crippen LogP contribution in [0.25, 0.3) is 0 Å². The highest BCUT2D eigenvalue weighted by Gasteiger charge is 2.25. The lowest BCUT2D eigenvalue weighted by Gasteiger charge is -2.28. The zero-order chi connectivity index (χ0) is 18.2. The average Bonchev–Trinajstić information content (AvgIpc) is 3.14. The largest absolute Gasteiger partial charge is 0.395 e. The van der Waals surface area contributed by atoms with Crippen LogP contribution in [0.15, 0.2) is 24.3 Å². The first-order valence-corrected chi connectivity index (χ1v) is 8.71. The molecule has 25 heavy (non-hydrogen) atoms. The molecule has 7 heteroatoms. The van der Waals surface area contributed by atoms with Crippen LogP contribution in [0, 0.1) is 0 Å². The van der Waals surface area contributed by atoms with Crippen molar-refractivity contribution in [3.05, 3.63) is 29.8 Å². The van der Waals surface area contributed by atoms with E-state index < -0.39 is 11.8 Å². The summed E-state index contributed by atoms with van der Waals surface area (Å²) in [5.41, 5.74) is 2.25. The minimum Gasteiger partial charge on any atom is -0.395 e. The molecular formula is C18H28N4O3. The number of likely N-dealkylation sites (tertiary alicyclic amines) is 1. The van der Waals surface area contributed by atoms with Gasteiger partial charge in [0.2, 0.25) is 0 Å². The summed E-state index contributed by atoms with van der Waals surface area (Å²) in [4.78, 5) is 27.9. The highest BCUT2D eigenvalue weighted by molar-refractivity contribution is 6.35. The number of hydrogen-bond acceptors (Lipinski definition) is 5. The predicted molar refractivity (Wildman–Crippen MR) is 97.4 cm³/mol. The van der Waals surface area contributed by atoms with Gasteiger partial charge in [-0.1, -0.05) is 12.1 Å². The lowest BCUT2D eigenvalue weighted by atomic mass is 10.0. The molecule has 2 amide bonds. The van der Waals surface area contributed by atoms with Crippen molar-refractivity contribution in [1.29, 1.82) is 0 Å². The van der Waals surface area contributed by atoms with Gasteiger partial charge in [-0.15, -0.1) is 0 Å². The highest BCUT2D eigenvalue weighted by atomic mass is 16.3. The van der Waals surface area contributed by atoms with Gasteiger partial charge in [0.15, 0.2) is 0 Å². The van der Waals surface area contributed by atoms with E-state index in [1.54, 1.807) is 0 Å². The van der Waals surface area contributed by atoms with Crippen molar-refractivity contribution in [3.63, 3.8) is 0 Å². The molecule has 138 valence electrons. The summed E-state index contributed by atoms with van der Waals surface area (Å²) in [5.74, 6) is -1.38. The van der Waals surface area contributed by atoms with Crippen LogP contribution in [0.4, 0.5) is 5.69 Å². The standard InChI is InChI=1S/C18H28N4O3/c1-21(2)15-7-5-14(6-8-15)16(22-10-3-4-11-22)13-20-18(25)17(24)19-9-12-23/h5-8,16,23H,3-4,9-13H2,1-2H3,(H,19,24)(H,20,25). The van der Waals surface area contributed by atoms with E-state index in [-0.39, 0.29) is 19.2 Å². The van der Waals surface area contributed by atoms with Crippen LogP contribution in [-0.2, 0) is 9.59 Å². The zero-order valence-electron chi connectivity index (χ0n) is 15.0. The fourth-order valence-corrected chi connectivity index (χ4v) is 3.03. The van der Waals surface area contributed by atoms with Crippen molar-refractivity contribution in [2.24, 2.45) is 0 Å². The molecule has 1 heterocycles. The Morgan fingerprint density at radius 1 is 1.12 bits per heavy atom. The molecule has 7 nitrogen and oxygen atoms in total. The lowest BCUT2D eigenvalue weighted by Crippen LogP contribution is -2.44. The number of nitrogens with one attached hydrogen (secondary N) is 2. The van der Waals surface area contributed by atoms with Gasteiger partial charge in [-0.3, -0.25) is 14.5 Å². The number of carbonyl (C=O) groups is 2. The van der Waals surface area contributed by atoms with Crippen molar-refractivity contribution in [3.8, 4) is 0 Å². The van der Waals surface area contributed by atoms with E-state index in [2.05, 4.69) is 39.8 Å². The monoisotopic (exact) mass is 348 g/mol. The Balaban J connectivity index is 2.03. The molecule has 1 saturated heterocycles. The van der Waals surface area contributed by atoms with Crippen LogP contribution in [0.3, 0.4) is 0 Å². The molecule has 1 fully saturated rings. The van der Waals surface area contributed by atoms with Crippen LogP contribution in [0.1, 0.15) is 24.4 Å². The fraction of sp³-hybridized carbons (Fsp3) is 0.556. The van der Waals surface area contributed by atoms with Gasteiger partial charge in [0.25, 0.3) is 0 Å². The first kappa shape index (κ1) is 19.2. The van der Waals surface area contributed by atoms with Crippen LogP contribution in [0.5, 0.6) is 0 Å². The number of nitrogens with zero attached hydrogens (tertiary/aromatic N) is 2. The Bertz CT molecular complexity index is 568. The molecule has 1 aliphatic heterocycles. The predicted octanol–water partition coefficient (Wildman–Crippen LogP) is 0.114. The van der Waals surface area contributed by atoms with Crippen LogP contribution < -0.4 is 15.5 Å². The molecular weight excluding hydrogens is 320 g/mol. The number of hydrogen-bond donors (Lipinski definition) is 3. The molecule has 0 radical (unpaired) electrons. The Labute approximate surface area is 149 Å². The summed E-state index contributed by atoms with van der Waals surface area (Å²) < 4.78 is 0. The topological polar surface area (TPSA) is 84.9 Å². The Morgan fingerprint density at radius 2 is 1.72 bits per heavy atom. The minimum absolute atomic E-state index is 0.0494. The van der Waals surface area contributed by atoms with Crippen LogP contribution in [-0.4, -0.2) is 68.7 Å². The minimum atomic E-state index is -0.711. The molecule has 0 aromatic heterocycles. The van der Waals surface area contributed by atoms with E-state index in [9.17, 15) is 9.59 Å². The number of aliphatic hydroxyl groups excluding tert-OH is 1. The summed E-state index contributed by atoms with van der Waals surface area (Å²) >= 11 is 0. The molecule has 1 aromatic carbocycles. The Kier molecular flexibility index (Phi) is 7.21. The van der Waals surface area contributed by atoms with E-state index in [0.29, 0.717) is 6.54 Å². The summed E-state index contributed by atoms with van der Waals surface area (Å²) in [7, 11) is 4.00. The van der Waals surface area contributed by atoms with Crippen molar-refractivity contribution >= 4 is 17.5 Å². The number of aliphatic hydroxyl groups is 1. The fourth-order valence-electron chi connectivity index (χ4n) is 3.03. The lowest BCUT2D eigenvalue weighted by molar-refractivity contribution is -0.139. The summed E-state index contributed by atoms with van der Waals surface area (Å²) in [6.45, 7) is 2.26. The van der Waals surface area contributed by atoms with Crippen LogP contribution >= 0.6 is 0 Å². The second-order valence-electron chi connectivity index (χ2n) is 6.43. The maximum atomic E-state index is 11.9. The van der Waals surface area contributed by atoms with E-state index in [0.717, 1.165) is 37.2 Å². The second kappa shape index (κ2) is 9.39. The van der Waals surface area contributed by atoms with Gasteiger partial charge in [0.05, 0.1) is 12.6 Å². The quantitative estimate of drug-likeness (QED) is 0.609. The van der Waals surface area contributed by atoms with E-state index in [1.165, 1.54) is 0 Å². The third-order valence-electron chi connectivity index (χ3n) is 4.44. The van der Waals surface area contributed by atoms with Gasteiger partial charge >= 0.3 is 11.8 Å². The van der Waals surface area contributed by atoms with Crippen molar-refractivity contribution in [2.45, 2.75) is 18.9 Å². The van der Waals surface area contributed by atoms with Gasteiger partial charge in [-0.05, 0) is 43.6 Å². The van der Waals surface area contributed by atoms with E-state index in [1.807, 2.05) is 19.0 Å². The number of amides is 2. The van der Waals surface area contributed by atoms with Crippen molar-refractivity contribution in [2.75, 3.05) is 51.8 Å². The first-order valence-electron chi connectivity index (χ1n) is 8.71. The normalized spacial score (nSPS) is 15.6. The molecule has 2 rings (SSSR count). The second-order valence-corrected chi connectivity index (χ2v) is 6.43. The summed E-state index contributed by atoms with van der Waals surface area (Å²) in [6.07, 6.45) is 2.30. The van der Waals surface area contributed by atoms with Crippen LogP contribution in [0.2, 0.25) is 0 Å². The molecule has 1 unspecified atom stereocenters. The third kappa shape index (κ3) is 5.44. The summed E-state index contributed by atoms with van der Waals surface area (Å²) in [6, 6.07) is 8.34. The molecule has 0 spiro atoms. The molecule has 1 aliphatic rings. The van der Waals surface area contributed by atoms with Gasteiger partial charge in [-0.2, -0.15) is 0 Å². The van der Waals surface area contributed by atoms with Gasteiger partial charge in [-0.25, -0.2) is 0 Å². The first-order chi connectivity index (χ1) is 12.0. The number of rotatable bonds is 7. The molecule has 0 bridgehead atoms. The highest BCUT2D eigenvalue weighted by Crippen LogP contribution is 2.26. The van der Waals surface area contributed by atoms with Gasteiger partial charge < -0.3 is 20.6 Å². The number of benzene rings is 1. The van der Waals surface area contributed by atoms with Crippen molar-refractivity contribution in [1.82, 2.24) is 15.5 Å². The summed E-state index contributed by atoms with van der Waals surface area (Å²) in [5, 5.41) is 13.8. The number of anilines is 1. The number of carbonyl (C=O) groups excluding carboxylic acids is 2. The third-order valence-corrected chi connectivity index (χ3v) is 4.44. The molecule has 0 saturated carbocycles. The van der Waals surface area contributed by atoms with Crippen molar-refractivity contribution < 1.29 is 14.7 Å². The van der Waals surface area contributed by atoms with Gasteiger partial charge in [0, 0.05) is 32.9 Å². The molecule has 1 aromatic rings. The smallest absolute Gasteiger partial charge is 0.309 e. The maximum absolute atomic E-state index is 11.9. The van der Waals surface area contributed by atoms with E-state index >= 15 is 0 Å². The zero-order valence-corrected chi connectivity index (χ0v) is 15.0.